The van der Waals surface area contributed by atoms with E-state index in [9.17, 15) is 31.9 Å². The molecule has 3 nitrogen and oxygen atoms in total. The summed E-state index contributed by atoms with van der Waals surface area (Å²) in [4.78, 5) is 15.1. The third kappa shape index (κ3) is 7.70. The quantitative estimate of drug-likeness (QED) is 0.164. The molecule has 0 aliphatic heterocycles. The highest BCUT2D eigenvalue weighted by molar-refractivity contribution is 7.99. The molecule has 2 fully saturated rings. The fourth-order valence-corrected chi connectivity index (χ4v) is 9.03. The maximum Gasteiger partial charge on any atom is 0.453 e. The predicted molar refractivity (Wildman–Crippen MR) is 160 cm³/mol. The lowest BCUT2D eigenvalue weighted by molar-refractivity contribution is -0.284. The van der Waals surface area contributed by atoms with Gasteiger partial charge in [-0.25, -0.2) is 4.39 Å². The third-order valence-corrected chi connectivity index (χ3v) is 11.7. The molecule has 0 bridgehead atoms. The maximum absolute atomic E-state index is 16.0. The molecule has 1 N–H and O–H groups in total. The van der Waals surface area contributed by atoms with Crippen LogP contribution in [0.2, 0.25) is 0 Å². The van der Waals surface area contributed by atoms with Crippen molar-refractivity contribution in [3.8, 4) is 5.75 Å². The van der Waals surface area contributed by atoms with Gasteiger partial charge in [-0.1, -0.05) is 25.8 Å². The van der Waals surface area contributed by atoms with Gasteiger partial charge in [0.1, 0.15) is 17.7 Å². The lowest BCUT2D eigenvalue weighted by Crippen LogP contribution is -2.50. The van der Waals surface area contributed by atoms with Crippen molar-refractivity contribution in [1.82, 2.24) is 4.90 Å². The van der Waals surface area contributed by atoms with Gasteiger partial charge >= 0.3 is 12.1 Å². The van der Waals surface area contributed by atoms with E-state index in [2.05, 4.69) is 4.90 Å². The zero-order valence-corrected chi connectivity index (χ0v) is 26.4. The number of Topliss-reactive ketones (excluding diaryl/α,β-unsaturated/α-hetero) is 1. The molecule has 6 atom stereocenters. The van der Waals surface area contributed by atoms with Crippen molar-refractivity contribution in [2.24, 2.45) is 23.2 Å². The number of aryl methyl sites for hydroxylation is 1. The second-order valence-electron chi connectivity index (χ2n) is 13.5. The van der Waals surface area contributed by atoms with Gasteiger partial charge in [0.05, 0.1) is 0 Å². The van der Waals surface area contributed by atoms with Crippen LogP contribution in [0, 0.1) is 30.1 Å². The van der Waals surface area contributed by atoms with Crippen molar-refractivity contribution < 1.29 is 36.2 Å². The Balaban J connectivity index is 1.21. The molecule has 43 heavy (non-hydrogen) atoms. The summed E-state index contributed by atoms with van der Waals surface area (Å²) >= 11 is 1.42. The Morgan fingerprint density at radius 2 is 1.74 bits per heavy atom. The molecule has 10 heteroatoms. The number of phenolic OH excluding ortho intramolecular Hbond substituents is 1. The molecule has 0 amide bonds. The van der Waals surface area contributed by atoms with E-state index in [4.69, 9.17) is 0 Å². The standard InChI is InChI=1S/C33H47F6NO2S/c1-21-17-24-23(19-27(21)41)18-22(29-25-10-11-28(42)31(25,2)20-26(34)30(24)29)9-5-4-6-13-40(3)14-8-16-43-15-7-12-32(35,36)33(37,38)39/h17,19,22,25-26,29-30,41H,4-16,18,20H2,1-3H3/t22-,25+,26+,29+,30+,31+/m1/s1. The summed E-state index contributed by atoms with van der Waals surface area (Å²) in [7, 11) is 2.03. The minimum absolute atomic E-state index is 0.136. The van der Waals surface area contributed by atoms with Crippen molar-refractivity contribution in [2.75, 3.05) is 31.6 Å². The number of aromatic hydroxyl groups is 1. The van der Waals surface area contributed by atoms with E-state index < -0.39 is 30.1 Å². The molecule has 3 aliphatic carbocycles. The van der Waals surface area contributed by atoms with Crippen LogP contribution in [-0.4, -0.2) is 65.7 Å². The number of fused-ring (bicyclic) bond motifs is 5. The average molecular weight is 636 g/mol. The number of hydrogen-bond donors (Lipinski definition) is 1. The Morgan fingerprint density at radius 1 is 1.05 bits per heavy atom. The second-order valence-corrected chi connectivity index (χ2v) is 14.8. The molecule has 4 rings (SSSR count). The number of alkyl halides is 6. The third-order valence-electron chi connectivity index (χ3n) is 10.5. The van der Waals surface area contributed by atoms with Crippen molar-refractivity contribution in [3.63, 3.8) is 0 Å². The van der Waals surface area contributed by atoms with E-state index in [1.54, 1.807) is 0 Å². The van der Waals surface area contributed by atoms with Crippen LogP contribution in [0.25, 0.3) is 0 Å². The van der Waals surface area contributed by atoms with Crippen LogP contribution in [0.15, 0.2) is 12.1 Å². The van der Waals surface area contributed by atoms with Crippen molar-refractivity contribution in [2.45, 2.75) is 109 Å². The highest BCUT2D eigenvalue weighted by Gasteiger charge is 2.60. The Bertz CT molecular complexity index is 1110. The van der Waals surface area contributed by atoms with Gasteiger partial charge in [0.2, 0.25) is 0 Å². The van der Waals surface area contributed by atoms with E-state index in [-0.39, 0.29) is 41.6 Å². The first-order valence-electron chi connectivity index (χ1n) is 15.9. The maximum atomic E-state index is 16.0. The van der Waals surface area contributed by atoms with Crippen LogP contribution >= 0.6 is 11.8 Å². The van der Waals surface area contributed by atoms with Gasteiger partial charge in [-0.15, -0.1) is 0 Å². The average Bonchev–Trinajstić information content (AvgIpc) is 3.21. The lowest BCUT2D eigenvalue weighted by Gasteiger charge is -2.53. The number of rotatable bonds is 14. The number of phenols is 1. The number of hydrogen-bond acceptors (Lipinski definition) is 4. The molecule has 0 saturated heterocycles. The van der Waals surface area contributed by atoms with Crippen LogP contribution in [0.3, 0.4) is 0 Å². The van der Waals surface area contributed by atoms with Gasteiger partial charge in [0.25, 0.3) is 0 Å². The summed E-state index contributed by atoms with van der Waals surface area (Å²) < 4.78 is 78.6. The number of nitrogens with zero attached hydrogens (tertiary/aromatic N) is 1. The smallest absolute Gasteiger partial charge is 0.453 e. The summed E-state index contributed by atoms with van der Waals surface area (Å²) in [6, 6.07) is 3.81. The number of unbranched alkanes of at least 4 members (excludes halogenated alkanes) is 2. The van der Waals surface area contributed by atoms with Crippen LogP contribution in [0.5, 0.6) is 5.75 Å². The van der Waals surface area contributed by atoms with Crippen molar-refractivity contribution >= 4 is 17.5 Å². The van der Waals surface area contributed by atoms with E-state index in [0.29, 0.717) is 18.6 Å². The number of thioether (sulfide) groups is 1. The molecule has 1 aromatic carbocycles. The summed E-state index contributed by atoms with van der Waals surface area (Å²) in [6.45, 7) is 5.60. The van der Waals surface area contributed by atoms with Gasteiger partial charge in [-0.2, -0.15) is 33.7 Å². The first-order chi connectivity index (χ1) is 20.2. The van der Waals surface area contributed by atoms with E-state index in [1.165, 1.54) is 11.8 Å². The normalized spacial score (nSPS) is 29.1. The molecule has 3 aliphatic rings. The number of benzene rings is 1. The zero-order valence-electron chi connectivity index (χ0n) is 25.6. The first kappa shape index (κ1) is 34.5. The minimum Gasteiger partial charge on any atom is -0.508 e. The zero-order chi connectivity index (χ0) is 31.6. The topological polar surface area (TPSA) is 40.5 Å². The number of halogens is 6. The predicted octanol–water partition coefficient (Wildman–Crippen LogP) is 8.89. The SMILES string of the molecule is Cc1cc2c(cc1O)C[C@@H](CCCCCN(C)CCCSCCCC(F)(F)C(F)(F)F)[C@@H]1[C@@H]2[C@@H](F)C[C@]2(C)C(=O)CC[C@@H]12. The highest BCUT2D eigenvalue weighted by Crippen LogP contribution is 2.62. The summed E-state index contributed by atoms with van der Waals surface area (Å²) in [6.07, 6.45) is -0.493. The van der Waals surface area contributed by atoms with Crippen molar-refractivity contribution in [1.29, 1.82) is 0 Å². The van der Waals surface area contributed by atoms with Crippen LogP contribution in [0.4, 0.5) is 26.3 Å². The van der Waals surface area contributed by atoms with Gasteiger partial charge in [-0.3, -0.25) is 4.79 Å². The Hall–Kier alpha value is -1.42. The largest absolute Gasteiger partial charge is 0.508 e. The minimum atomic E-state index is -5.47. The summed E-state index contributed by atoms with van der Waals surface area (Å²) in [5.41, 5.74) is 2.28. The Kier molecular flexibility index (Phi) is 11.2. The first-order valence-corrected chi connectivity index (χ1v) is 17.0. The second kappa shape index (κ2) is 13.9. The molecule has 0 aromatic heterocycles. The molecule has 1 aromatic rings. The van der Waals surface area contributed by atoms with E-state index in [1.807, 2.05) is 33.0 Å². The number of carbonyl (C=O) groups is 1. The van der Waals surface area contributed by atoms with Gasteiger partial charge in [-0.05, 0) is 124 Å². The van der Waals surface area contributed by atoms with Crippen LogP contribution in [0.1, 0.15) is 93.7 Å². The molecular weight excluding hydrogens is 588 g/mol. The van der Waals surface area contributed by atoms with Crippen LogP contribution in [-0.2, 0) is 11.2 Å². The molecule has 0 unspecified atom stereocenters. The van der Waals surface area contributed by atoms with E-state index >= 15 is 4.39 Å². The summed E-state index contributed by atoms with van der Waals surface area (Å²) in [5, 5.41) is 10.4. The fourth-order valence-electron chi connectivity index (χ4n) is 8.14. The number of ketones is 1. The molecular formula is C33H47F6NO2S. The summed E-state index contributed by atoms with van der Waals surface area (Å²) in [5.74, 6) is -2.73. The van der Waals surface area contributed by atoms with Gasteiger partial charge < -0.3 is 10.0 Å². The molecule has 0 heterocycles. The highest BCUT2D eigenvalue weighted by atomic mass is 32.2. The Labute approximate surface area is 256 Å². The lowest BCUT2D eigenvalue weighted by atomic mass is 9.51. The molecule has 2 saturated carbocycles. The monoisotopic (exact) mass is 635 g/mol. The number of carbonyl (C=O) groups excluding carboxylic acids is 1. The van der Waals surface area contributed by atoms with Crippen LogP contribution < -0.4 is 0 Å². The van der Waals surface area contributed by atoms with Gasteiger partial charge in [0.15, 0.2) is 0 Å². The molecule has 0 spiro atoms. The van der Waals surface area contributed by atoms with Crippen molar-refractivity contribution in [3.05, 3.63) is 28.8 Å². The van der Waals surface area contributed by atoms with Gasteiger partial charge in [0, 0.05) is 24.2 Å². The van der Waals surface area contributed by atoms with E-state index in [0.717, 1.165) is 80.5 Å². The molecule has 0 radical (unpaired) electrons. The fraction of sp³-hybridized carbons (Fsp3) is 0.788. The molecule has 244 valence electrons. The Morgan fingerprint density at radius 3 is 2.47 bits per heavy atom.